The van der Waals surface area contributed by atoms with Crippen molar-refractivity contribution in [3.63, 3.8) is 0 Å². The first kappa shape index (κ1) is 11.9. The van der Waals surface area contributed by atoms with E-state index in [2.05, 4.69) is 13.8 Å². The second-order valence-electron chi connectivity index (χ2n) is 5.75. The van der Waals surface area contributed by atoms with Crippen LogP contribution in [0.2, 0.25) is 0 Å². The van der Waals surface area contributed by atoms with Crippen LogP contribution in [0.15, 0.2) is 11.1 Å². The number of rotatable bonds is 3. The lowest BCUT2D eigenvalue weighted by Crippen LogP contribution is -2.31. The van der Waals surface area contributed by atoms with E-state index < -0.39 is 0 Å². The molecule has 16 heavy (non-hydrogen) atoms. The van der Waals surface area contributed by atoms with Gasteiger partial charge in [0.15, 0.2) is 5.78 Å². The summed E-state index contributed by atoms with van der Waals surface area (Å²) in [5.41, 5.74) is 3.16. The third kappa shape index (κ3) is 2.09. The molecule has 0 heterocycles. The second kappa shape index (κ2) is 4.73. The molecule has 0 aromatic heterocycles. The van der Waals surface area contributed by atoms with Crippen molar-refractivity contribution < 1.29 is 4.79 Å². The number of Topliss-reactive ketones (excluding diaryl/α,β-unsaturated/α-hetero) is 1. The predicted octanol–water partition coefficient (Wildman–Crippen LogP) is 4.42. The van der Waals surface area contributed by atoms with Gasteiger partial charge in [0.2, 0.25) is 0 Å². The minimum atomic E-state index is 0.384. The number of unbranched alkanes of at least 4 members (excludes halogenated alkanes) is 1. The molecule has 1 nitrogen and oxygen atoms in total. The maximum absolute atomic E-state index is 12.0. The lowest BCUT2D eigenvalue weighted by Gasteiger charge is -2.41. The molecule has 0 aliphatic heterocycles. The third-order valence-electron chi connectivity index (χ3n) is 4.52. The van der Waals surface area contributed by atoms with Crippen molar-refractivity contribution in [2.45, 2.75) is 71.6 Å². The van der Waals surface area contributed by atoms with Gasteiger partial charge in [0, 0.05) is 6.42 Å². The Balaban J connectivity index is 2.28. The van der Waals surface area contributed by atoms with Crippen LogP contribution in [-0.2, 0) is 4.79 Å². The summed E-state index contributed by atoms with van der Waals surface area (Å²) >= 11 is 0. The average Bonchev–Trinajstić information content (AvgIpc) is 2.28. The number of ketones is 1. The van der Waals surface area contributed by atoms with Gasteiger partial charge in [0.1, 0.15) is 0 Å². The molecule has 1 heteroatoms. The number of hydrogen-bond donors (Lipinski definition) is 0. The van der Waals surface area contributed by atoms with E-state index in [0.717, 1.165) is 19.3 Å². The summed E-state index contributed by atoms with van der Waals surface area (Å²) in [5.74, 6) is 0.461. The molecule has 0 radical (unpaired) electrons. The zero-order valence-corrected chi connectivity index (χ0v) is 10.8. The Bertz CT molecular complexity index is 313. The van der Waals surface area contributed by atoms with E-state index >= 15 is 0 Å². The topological polar surface area (TPSA) is 17.1 Å². The fraction of sp³-hybridized carbons (Fsp3) is 0.800. The first-order valence-electron chi connectivity index (χ1n) is 6.93. The molecule has 1 fully saturated rings. The van der Waals surface area contributed by atoms with Crippen LogP contribution in [0.25, 0.3) is 0 Å². The zero-order chi connectivity index (χ0) is 11.6. The summed E-state index contributed by atoms with van der Waals surface area (Å²) in [7, 11) is 0. The Labute approximate surface area is 99.3 Å². The summed E-state index contributed by atoms with van der Waals surface area (Å²) in [6.07, 6.45) is 10.5. The maximum atomic E-state index is 12.0. The lowest BCUT2D eigenvalue weighted by molar-refractivity contribution is -0.117. The van der Waals surface area contributed by atoms with Crippen molar-refractivity contribution in [1.29, 1.82) is 0 Å². The molecule has 2 aliphatic rings. The highest BCUT2D eigenvalue weighted by Gasteiger charge is 2.38. The monoisotopic (exact) mass is 220 g/mol. The predicted molar refractivity (Wildman–Crippen MR) is 67.4 cm³/mol. The molecule has 90 valence electrons. The Morgan fingerprint density at radius 2 is 2.00 bits per heavy atom. The first-order valence-corrected chi connectivity index (χ1v) is 6.93. The summed E-state index contributed by atoms with van der Waals surface area (Å²) in [4.78, 5) is 12.0. The molecule has 2 aliphatic carbocycles. The highest BCUT2D eigenvalue weighted by Crippen LogP contribution is 2.49. The molecule has 1 atom stereocenters. The molecule has 2 rings (SSSR count). The Kier molecular flexibility index (Phi) is 3.51. The van der Waals surface area contributed by atoms with Crippen molar-refractivity contribution in [1.82, 2.24) is 0 Å². The van der Waals surface area contributed by atoms with Crippen LogP contribution in [0.1, 0.15) is 71.6 Å². The van der Waals surface area contributed by atoms with Gasteiger partial charge in [-0.2, -0.15) is 0 Å². The SMILES string of the molecule is CCCCC1=C2CCCCC2(C)CCC1=O. The molecule has 0 aromatic rings. The van der Waals surface area contributed by atoms with Gasteiger partial charge in [-0.3, -0.25) is 4.79 Å². The van der Waals surface area contributed by atoms with Crippen LogP contribution in [-0.4, -0.2) is 5.78 Å². The fourth-order valence-corrected chi connectivity index (χ4v) is 3.41. The van der Waals surface area contributed by atoms with Crippen molar-refractivity contribution >= 4 is 5.78 Å². The first-order chi connectivity index (χ1) is 7.67. The van der Waals surface area contributed by atoms with Crippen molar-refractivity contribution in [2.24, 2.45) is 5.41 Å². The Morgan fingerprint density at radius 1 is 1.19 bits per heavy atom. The molecule has 0 N–H and O–H groups in total. The van der Waals surface area contributed by atoms with Crippen LogP contribution in [0.3, 0.4) is 0 Å². The number of carbonyl (C=O) groups is 1. The van der Waals surface area contributed by atoms with Crippen LogP contribution < -0.4 is 0 Å². The number of hydrogen-bond acceptors (Lipinski definition) is 1. The summed E-state index contributed by atoms with van der Waals surface area (Å²) in [6.45, 7) is 4.60. The van der Waals surface area contributed by atoms with E-state index in [-0.39, 0.29) is 0 Å². The van der Waals surface area contributed by atoms with Gasteiger partial charge in [-0.25, -0.2) is 0 Å². The standard InChI is InChI=1S/C15H24O/c1-3-4-7-12-13-8-5-6-10-15(13,2)11-9-14(12)16/h3-11H2,1-2H3. The van der Waals surface area contributed by atoms with Gasteiger partial charge in [0.05, 0.1) is 0 Å². The van der Waals surface area contributed by atoms with E-state index in [9.17, 15) is 4.79 Å². The Morgan fingerprint density at radius 3 is 2.75 bits per heavy atom. The smallest absolute Gasteiger partial charge is 0.158 e. The lowest BCUT2D eigenvalue weighted by atomic mass is 9.63. The van der Waals surface area contributed by atoms with Crippen molar-refractivity contribution in [2.75, 3.05) is 0 Å². The second-order valence-corrected chi connectivity index (χ2v) is 5.75. The summed E-state index contributed by atoms with van der Waals surface area (Å²) in [5, 5.41) is 0. The van der Waals surface area contributed by atoms with Gasteiger partial charge in [-0.1, -0.05) is 32.3 Å². The van der Waals surface area contributed by atoms with Crippen LogP contribution in [0, 0.1) is 5.41 Å². The van der Waals surface area contributed by atoms with Crippen molar-refractivity contribution in [3.8, 4) is 0 Å². The Hall–Kier alpha value is -0.590. The van der Waals surface area contributed by atoms with Crippen LogP contribution in [0.5, 0.6) is 0 Å². The quantitative estimate of drug-likeness (QED) is 0.688. The normalized spacial score (nSPS) is 30.5. The molecular weight excluding hydrogens is 196 g/mol. The molecule has 0 spiro atoms. The number of allylic oxidation sites excluding steroid dienone is 2. The average molecular weight is 220 g/mol. The van der Waals surface area contributed by atoms with E-state index in [1.54, 1.807) is 5.57 Å². The van der Waals surface area contributed by atoms with Gasteiger partial charge < -0.3 is 0 Å². The minimum absolute atomic E-state index is 0.384. The number of carbonyl (C=O) groups excluding carboxylic acids is 1. The van der Waals surface area contributed by atoms with E-state index in [0.29, 0.717) is 11.2 Å². The van der Waals surface area contributed by atoms with Gasteiger partial charge in [-0.05, 0) is 49.5 Å². The highest BCUT2D eigenvalue weighted by atomic mass is 16.1. The van der Waals surface area contributed by atoms with E-state index in [1.165, 1.54) is 44.1 Å². The van der Waals surface area contributed by atoms with Gasteiger partial charge >= 0.3 is 0 Å². The summed E-state index contributed by atoms with van der Waals surface area (Å²) < 4.78 is 0. The largest absolute Gasteiger partial charge is 0.295 e. The van der Waals surface area contributed by atoms with E-state index in [1.807, 2.05) is 0 Å². The van der Waals surface area contributed by atoms with E-state index in [4.69, 9.17) is 0 Å². The number of fused-ring (bicyclic) bond motifs is 1. The molecular formula is C15H24O. The highest BCUT2D eigenvalue weighted by molar-refractivity contribution is 5.97. The molecule has 1 unspecified atom stereocenters. The molecule has 0 bridgehead atoms. The van der Waals surface area contributed by atoms with Gasteiger partial charge in [-0.15, -0.1) is 0 Å². The fourth-order valence-electron chi connectivity index (χ4n) is 3.41. The maximum Gasteiger partial charge on any atom is 0.158 e. The molecule has 0 amide bonds. The van der Waals surface area contributed by atoms with Crippen LogP contribution >= 0.6 is 0 Å². The minimum Gasteiger partial charge on any atom is -0.295 e. The zero-order valence-electron chi connectivity index (χ0n) is 10.8. The summed E-state index contributed by atoms with van der Waals surface area (Å²) in [6, 6.07) is 0. The van der Waals surface area contributed by atoms with Crippen LogP contribution in [0.4, 0.5) is 0 Å². The molecule has 0 saturated heterocycles. The molecule has 1 saturated carbocycles. The van der Waals surface area contributed by atoms with Crippen molar-refractivity contribution in [3.05, 3.63) is 11.1 Å². The van der Waals surface area contributed by atoms with Gasteiger partial charge in [0.25, 0.3) is 0 Å². The molecule has 0 aromatic carbocycles. The third-order valence-corrected chi connectivity index (χ3v) is 4.52.